The molecule has 2 aromatic rings. The highest BCUT2D eigenvalue weighted by Gasteiger charge is 2.20. The van der Waals surface area contributed by atoms with Gasteiger partial charge < -0.3 is 10.0 Å². The first-order valence-electron chi connectivity index (χ1n) is 6.97. The minimum absolute atomic E-state index is 0.348. The Morgan fingerprint density at radius 1 is 1.18 bits per heavy atom. The highest BCUT2D eigenvalue weighted by Crippen LogP contribution is 2.23. The molecule has 7 heteroatoms. The Hall–Kier alpha value is -2.02. The molecule has 0 radical (unpaired) electrons. The van der Waals surface area contributed by atoms with Gasteiger partial charge in [0.1, 0.15) is 22.6 Å². The van der Waals surface area contributed by atoms with Crippen molar-refractivity contribution in [3.8, 4) is 0 Å². The van der Waals surface area contributed by atoms with E-state index in [0.717, 1.165) is 17.1 Å². The minimum atomic E-state index is -1.20. The number of aryl methyl sites for hydroxylation is 2. The topological polar surface area (TPSA) is 79.8 Å². The summed E-state index contributed by atoms with van der Waals surface area (Å²) in [4.78, 5) is 12.7. The second kappa shape index (κ2) is 6.39. The van der Waals surface area contributed by atoms with E-state index < -0.39 is 11.0 Å². The summed E-state index contributed by atoms with van der Waals surface area (Å²) in [7, 11) is -1.20. The summed E-state index contributed by atoms with van der Waals surface area (Å²) >= 11 is 0. The molecule has 0 aliphatic carbocycles. The summed E-state index contributed by atoms with van der Waals surface area (Å²) < 4.78 is 14.9. The average molecular weight is 319 g/mol. The molecular formula is C15H21N5OS. The fraction of sp³-hybridized carbons (Fsp3) is 0.400. The van der Waals surface area contributed by atoms with Crippen LogP contribution < -0.4 is 10.0 Å². The quantitative estimate of drug-likeness (QED) is 0.905. The average Bonchev–Trinajstić information content (AvgIpc) is 2.41. The van der Waals surface area contributed by atoms with Crippen LogP contribution in [0.1, 0.15) is 32.3 Å². The number of nitrogens with zero attached hydrogens (tertiary/aromatic N) is 3. The number of nitrogens with one attached hydrogen (secondary N) is 2. The summed E-state index contributed by atoms with van der Waals surface area (Å²) in [5.41, 5.74) is 2.31. The molecule has 2 aromatic heterocycles. The first kappa shape index (κ1) is 16.4. The van der Waals surface area contributed by atoms with Gasteiger partial charge in [0, 0.05) is 6.20 Å². The summed E-state index contributed by atoms with van der Waals surface area (Å²) in [5.74, 6) is 1.39. The molecule has 0 aliphatic rings. The third kappa shape index (κ3) is 4.24. The largest absolute Gasteiger partial charge is 0.339 e. The predicted molar refractivity (Wildman–Crippen MR) is 90.5 cm³/mol. The van der Waals surface area contributed by atoms with Crippen LogP contribution in [0.5, 0.6) is 0 Å². The lowest BCUT2D eigenvalue weighted by atomic mass is 10.3. The van der Waals surface area contributed by atoms with Gasteiger partial charge in [-0.25, -0.2) is 14.2 Å². The standard InChI is InChI=1S/C15H21N5OS/c1-10-13(20-22(21)15(3,4)5)8-12(9-17-10)19-14-6-7-16-11(2)18-14/h6-9,20H,1-5H3,(H,16,18,19). The molecule has 0 bridgehead atoms. The van der Waals surface area contributed by atoms with Crippen molar-refractivity contribution in [1.82, 2.24) is 15.0 Å². The molecule has 0 spiro atoms. The van der Waals surface area contributed by atoms with Gasteiger partial charge in [0.2, 0.25) is 0 Å². The van der Waals surface area contributed by atoms with Crippen LogP contribution >= 0.6 is 0 Å². The van der Waals surface area contributed by atoms with Crippen molar-refractivity contribution in [3.05, 3.63) is 36.0 Å². The van der Waals surface area contributed by atoms with Crippen LogP contribution in [0.15, 0.2) is 24.5 Å². The molecule has 0 fully saturated rings. The SMILES string of the molecule is Cc1nccc(Nc2cnc(C)c(NS(=O)C(C)(C)C)c2)n1. The van der Waals surface area contributed by atoms with Crippen molar-refractivity contribution in [2.75, 3.05) is 10.0 Å². The fourth-order valence-electron chi connectivity index (χ4n) is 1.63. The second-order valence-corrected chi connectivity index (χ2v) is 7.92. The monoisotopic (exact) mass is 319 g/mol. The van der Waals surface area contributed by atoms with Crippen LogP contribution in [0, 0.1) is 13.8 Å². The normalized spacial score (nSPS) is 12.8. The van der Waals surface area contributed by atoms with Gasteiger partial charge in [-0.05, 0) is 46.8 Å². The lowest BCUT2D eigenvalue weighted by molar-refractivity contribution is 0.653. The van der Waals surface area contributed by atoms with Crippen molar-refractivity contribution >= 4 is 28.2 Å². The van der Waals surface area contributed by atoms with Crippen LogP contribution in [0.2, 0.25) is 0 Å². The maximum Gasteiger partial charge on any atom is 0.134 e. The van der Waals surface area contributed by atoms with Crippen molar-refractivity contribution in [1.29, 1.82) is 0 Å². The van der Waals surface area contributed by atoms with Gasteiger partial charge in [0.05, 0.1) is 28.0 Å². The lowest BCUT2D eigenvalue weighted by Gasteiger charge is -2.20. The Kier molecular flexibility index (Phi) is 4.75. The minimum Gasteiger partial charge on any atom is -0.339 e. The smallest absolute Gasteiger partial charge is 0.134 e. The molecule has 0 amide bonds. The number of rotatable bonds is 4. The van der Waals surface area contributed by atoms with Gasteiger partial charge in [-0.1, -0.05) is 0 Å². The van der Waals surface area contributed by atoms with Crippen LogP contribution in [-0.4, -0.2) is 23.9 Å². The zero-order valence-electron chi connectivity index (χ0n) is 13.5. The molecule has 0 saturated heterocycles. The van der Waals surface area contributed by atoms with Crippen molar-refractivity contribution < 1.29 is 4.21 Å². The summed E-state index contributed by atoms with van der Waals surface area (Å²) in [5, 5.41) is 3.17. The fourth-order valence-corrected chi connectivity index (χ4v) is 2.34. The van der Waals surface area contributed by atoms with Crippen molar-refractivity contribution in [2.24, 2.45) is 0 Å². The van der Waals surface area contributed by atoms with E-state index in [9.17, 15) is 4.21 Å². The Balaban J connectivity index is 2.21. The van der Waals surface area contributed by atoms with Gasteiger partial charge in [-0.15, -0.1) is 0 Å². The van der Waals surface area contributed by atoms with E-state index in [1.807, 2.05) is 40.7 Å². The summed E-state index contributed by atoms with van der Waals surface area (Å²) in [6.07, 6.45) is 3.41. The Bertz CT molecular complexity index is 697. The zero-order chi connectivity index (χ0) is 16.3. The Morgan fingerprint density at radius 3 is 2.55 bits per heavy atom. The van der Waals surface area contributed by atoms with Gasteiger partial charge in [-0.3, -0.25) is 4.98 Å². The molecular weight excluding hydrogens is 298 g/mol. The van der Waals surface area contributed by atoms with Gasteiger partial charge in [0.15, 0.2) is 0 Å². The van der Waals surface area contributed by atoms with Crippen LogP contribution in [0.3, 0.4) is 0 Å². The van der Waals surface area contributed by atoms with E-state index in [-0.39, 0.29) is 4.75 Å². The van der Waals surface area contributed by atoms with Crippen molar-refractivity contribution in [2.45, 2.75) is 39.4 Å². The molecule has 0 saturated carbocycles. The highest BCUT2D eigenvalue weighted by molar-refractivity contribution is 7.87. The molecule has 2 rings (SSSR count). The first-order valence-corrected chi connectivity index (χ1v) is 8.12. The number of hydrogen-bond acceptors (Lipinski definition) is 5. The lowest BCUT2D eigenvalue weighted by Crippen LogP contribution is -2.27. The second-order valence-electron chi connectivity index (χ2n) is 5.95. The molecule has 6 nitrogen and oxygen atoms in total. The molecule has 1 unspecified atom stereocenters. The summed E-state index contributed by atoms with van der Waals surface area (Å²) in [6, 6.07) is 3.66. The van der Waals surface area contributed by atoms with Crippen LogP contribution in [0.25, 0.3) is 0 Å². The molecule has 2 N–H and O–H groups in total. The van der Waals surface area contributed by atoms with Crippen LogP contribution in [0.4, 0.5) is 17.2 Å². The maximum absolute atomic E-state index is 12.2. The number of anilines is 3. The molecule has 0 aromatic carbocycles. The molecule has 22 heavy (non-hydrogen) atoms. The van der Waals surface area contributed by atoms with E-state index in [4.69, 9.17) is 0 Å². The molecule has 0 aliphatic heterocycles. The zero-order valence-corrected chi connectivity index (χ0v) is 14.3. The van der Waals surface area contributed by atoms with Gasteiger partial charge >= 0.3 is 0 Å². The van der Waals surface area contributed by atoms with E-state index >= 15 is 0 Å². The van der Waals surface area contributed by atoms with E-state index in [1.165, 1.54) is 0 Å². The Labute approximate surface area is 133 Å². The molecule has 2 heterocycles. The van der Waals surface area contributed by atoms with E-state index in [0.29, 0.717) is 11.6 Å². The molecule has 118 valence electrons. The third-order valence-corrected chi connectivity index (χ3v) is 4.41. The van der Waals surface area contributed by atoms with E-state index in [1.54, 1.807) is 18.5 Å². The van der Waals surface area contributed by atoms with Crippen LogP contribution in [-0.2, 0) is 11.0 Å². The maximum atomic E-state index is 12.2. The summed E-state index contributed by atoms with van der Waals surface area (Å²) in [6.45, 7) is 9.47. The van der Waals surface area contributed by atoms with Crippen molar-refractivity contribution in [3.63, 3.8) is 0 Å². The van der Waals surface area contributed by atoms with Gasteiger partial charge in [-0.2, -0.15) is 0 Å². The third-order valence-electron chi connectivity index (χ3n) is 2.89. The first-order chi connectivity index (χ1) is 10.3. The van der Waals surface area contributed by atoms with Gasteiger partial charge in [0.25, 0.3) is 0 Å². The number of hydrogen-bond donors (Lipinski definition) is 2. The number of aromatic nitrogens is 3. The van der Waals surface area contributed by atoms with E-state index in [2.05, 4.69) is 25.0 Å². The Morgan fingerprint density at radius 2 is 1.91 bits per heavy atom. The molecule has 1 atom stereocenters. The number of pyridine rings is 1. The highest BCUT2D eigenvalue weighted by atomic mass is 32.2. The predicted octanol–water partition coefficient (Wildman–Crippen LogP) is 3.11.